The van der Waals surface area contributed by atoms with Crippen LogP contribution in [0.1, 0.15) is 5.56 Å². The highest BCUT2D eigenvalue weighted by molar-refractivity contribution is 5.58. The van der Waals surface area contributed by atoms with Crippen molar-refractivity contribution in [2.45, 2.75) is 19.3 Å². The number of para-hydroxylation sites is 1. The van der Waals surface area contributed by atoms with Gasteiger partial charge in [0.05, 0.1) is 38.7 Å². The van der Waals surface area contributed by atoms with Crippen molar-refractivity contribution in [2.75, 3.05) is 13.7 Å². The largest absolute Gasteiger partial charge is 0.496 e. The lowest BCUT2D eigenvalue weighted by Crippen LogP contribution is -2.23. The first-order valence-electron chi connectivity index (χ1n) is 8.08. The van der Waals surface area contributed by atoms with E-state index in [1.165, 1.54) is 0 Å². The van der Waals surface area contributed by atoms with Gasteiger partial charge in [-0.25, -0.2) is 0 Å². The fraction of sp³-hybridized carbons (Fsp3) is 0.263. The van der Waals surface area contributed by atoms with Gasteiger partial charge >= 0.3 is 0 Å². The van der Waals surface area contributed by atoms with E-state index >= 15 is 0 Å². The molecule has 6 heteroatoms. The van der Waals surface area contributed by atoms with Gasteiger partial charge in [-0.05, 0) is 24.3 Å². The maximum Gasteiger partial charge on any atom is 0.124 e. The minimum Gasteiger partial charge on any atom is -0.496 e. The molecule has 0 aliphatic carbocycles. The summed E-state index contributed by atoms with van der Waals surface area (Å²) in [6.07, 6.45) is 4.53. The van der Waals surface area contributed by atoms with E-state index in [0.717, 1.165) is 22.6 Å². The molecule has 1 atom stereocenters. The Morgan fingerprint density at radius 3 is 2.68 bits per heavy atom. The van der Waals surface area contributed by atoms with Gasteiger partial charge in [-0.1, -0.05) is 18.2 Å². The fourth-order valence-electron chi connectivity index (χ4n) is 2.63. The molecule has 1 aromatic carbocycles. The molecular weight excluding hydrogens is 318 g/mol. The molecular formula is C19H21N3O3. The minimum absolute atomic E-state index is 0.216. The number of benzene rings is 1. The lowest BCUT2D eigenvalue weighted by molar-refractivity contribution is 0.0184. The lowest BCUT2D eigenvalue weighted by Gasteiger charge is -2.14. The Bertz CT molecular complexity index is 789. The van der Waals surface area contributed by atoms with Crippen LogP contribution in [0, 0.1) is 0 Å². The first-order chi connectivity index (χ1) is 12.3. The summed E-state index contributed by atoms with van der Waals surface area (Å²) in [5.41, 5.74) is 2.90. The second-order valence-corrected chi connectivity index (χ2v) is 5.62. The molecule has 0 fully saturated rings. The van der Waals surface area contributed by atoms with Crippen LogP contribution in [-0.4, -0.2) is 39.7 Å². The van der Waals surface area contributed by atoms with E-state index in [4.69, 9.17) is 9.47 Å². The molecule has 6 nitrogen and oxygen atoms in total. The molecule has 2 heterocycles. The number of aliphatic hydroxyl groups excluding tert-OH is 1. The SMILES string of the molecule is COc1ccccc1COCC(O)Cn1nccc1-c1ccncc1. The van der Waals surface area contributed by atoms with Crippen LogP contribution in [0.5, 0.6) is 5.75 Å². The Labute approximate surface area is 146 Å². The van der Waals surface area contributed by atoms with Crippen molar-refractivity contribution in [3.8, 4) is 17.0 Å². The third kappa shape index (κ3) is 4.43. The minimum atomic E-state index is -0.657. The molecule has 1 N–H and O–H groups in total. The second kappa shape index (κ2) is 8.41. The number of pyridine rings is 1. The summed E-state index contributed by atoms with van der Waals surface area (Å²) in [5, 5.41) is 14.6. The van der Waals surface area contributed by atoms with Gasteiger partial charge in [0.15, 0.2) is 0 Å². The van der Waals surface area contributed by atoms with E-state index in [0.29, 0.717) is 13.2 Å². The van der Waals surface area contributed by atoms with E-state index in [1.807, 2.05) is 42.5 Å². The highest BCUT2D eigenvalue weighted by atomic mass is 16.5. The number of hydrogen-bond acceptors (Lipinski definition) is 5. The Morgan fingerprint density at radius 2 is 1.88 bits per heavy atom. The van der Waals surface area contributed by atoms with Crippen LogP contribution >= 0.6 is 0 Å². The molecule has 0 spiro atoms. The van der Waals surface area contributed by atoms with Gasteiger partial charge in [-0.3, -0.25) is 9.67 Å². The van der Waals surface area contributed by atoms with E-state index in [-0.39, 0.29) is 6.61 Å². The zero-order valence-corrected chi connectivity index (χ0v) is 14.1. The predicted molar refractivity (Wildman–Crippen MR) is 94.1 cm³/mol. The summed E-state index contributed by atoms with van der Waals surface area (Å²) in [5.74, 6) is 0.782. The highest BCUT2D eigenvalue weighted by Gasteiger charge is 2.11. The van der Waals surface area contributed by atoms with Crippen molar-refractivity contribution >= 4 is 0 Å². The zero-order chi connectivity index (χ0) is 17.5. The van der Waals surface area contributed by atoms with Crippen LogP contribution in [0.4, 0.5) is 0 Å². The fourth-order valence-corrected chi connectivity index (χ4v) is 2.63. The zero-order valence-electron chi connectivity index (χ0n) is 14.1. The van der Waals surface area contributed by atoms with Crippen molar-refractivity contribution < 1.29 is 14.6 Å². The van der Waals surface area contributed by atoms with Crippen LogP contribution in [-0.2, 0) is 17.9 Å². The standard InChI is InChI=1S/C19H21N3O3/c1-24-19-5-3-2-4-16(19)13-25-14-17(23)12-22-18(8-11-21-22)15-6-9-20-10-7-15/h2-11,17,23H,12-14H2,1H3. The number of nitrogens with zero attached hydrogens (tertiary/aromatic N) is 3. The van der Waals surface area contributed by atoms with Gasteiger partial charge in [0, 0.05) is 29.7 Å². The molecule has 1 unspecified atom stereocenters. The van der Waals surface area contributed by atoms with Crippen LogP contribution in [0.3, 0.4) is 0 Å². The van der Waals surface area contributed by atoms with Crippen LogP contribution in [0.2, 0.25) is 0 Å². The normalized spacial score (nSPS) is 12.1. The Kier molecular flexibility index (Phi) is 5.77. The van der Waals surface area contributed by atoms with Crippen molar-refractivity contribution in [3.63, 3.8) is 0 Å². The summed E-state index contributed by atoms with van der Waals surface area (Å²) >= 11 is 0. The van der Waals surface area contributed by atoms with Crippen LogP contribution in [0.25, 0.3) is 11.3 Å². The summed E-state index contributed by atoms with van der Waals surface area (Å²) in [6.45, 7) is 0.960. The average Bonchev–Trinajstić information content (AvgIpc) is 3.11. The molecule has 0 amide bonds. The maximum absolute atomic E-state index is 10.3. The van der Waals surface area contributed by atoms with E-state index in [2.05, 4.69) is 10.1 Å². The third-order valence-electron chi connectivity index (χ3n) is 3.84. The molecule has 25 heavy (non-hydrogen) atoms. The van der Waals surface area contributed by atoms with Gasteiger partial charge in [0.2, 0.25) is 0 Å². The molecule has 0 aliphatic rings. The Balaban J connectivity index is 1.55. The second-order valence-electron chi connectivity index (χ2n) is 5.62. The topological polar surface area (TPSA) is 69.4 Å². The average molecular weight is 339 g/mol. The maximum atomic E-state index is 10.3. The number of aliphatic hydroxyl groups is 1. The molecule has 2 aromatic heterocycles. The van der Waals surface area contributed by atoms with Gasteiger partial charge in [-0.15, -0.1) is 0 Å². The van der Waals surface area contributed by atoms with Gasteiger partial charge in [0.25, 0.3) is 0 Å². The lowest BCUT2D eigenvalue weighted by atomic mass is 10.2. The molecule has 0 saturated heterocycles. The van der Waals surface area contributed by atoms with Crippen molar-refractivity contribution in [1.82, 2.24) is 14.8 Å². The molecule has 0 saturated carbocycles. The number of methoxy groups -OCH3 is 1. The number of ether oxygens (including phenoxy) is 2. The Hall–Kier alpha value is -2.70. The first kappa shape index (κ1) is 17.1. The predicted octanol–water partition coefficient (Wildman–Crippen LogP) is 2.53. The third-order valence-corrected chi connectivity index (χ3v) is 3.84. The summed E-state index contributed by atoms with van der Waals surface area (Å²) in [4.78, 5) is 4.02. The number of hydrogen-bond donors (Lipinski definition) is 1. The van der Waals surface area contributed by atoms with Crippen LogP contribution in [0.15, 0.2) is 61.1 Å². The molecule has 3 rings (SSSR count). The Morgan fingerprint density at radius 1 is 1.08 bits per heavy atom. The van der Waals surface area contributed by atoms with E-state index in [1.54, 1.807) is 30.4 Å². The molecule has 0 bridgehead atoms. The highest BCUT2D eigenvalue weighted by Crippen LogP contribution is 2.19. The molecule has 130 valence electrons. The summed E-state index contributed by atoms with van der Waals surface area (Å²) in [7, 11) is 1.63. The van der Waals surface area contributed by atoms with Crippen molar-refractivity contribution in [3.05, 3.63) is 66.6 Å². The van der Waals surface area contributed by atoms with Gasteiger partial charge < -0.3 is 14.6 Å². The van der Waals surface area contributed by atoms with Crippen molar-refractivity contribution in [1.29, 1.82) is 0 Å². The smallest absolute Gasteiger partial charge is 0.124 e. The van der Waals surface area contributed by atoms with Crippen LogP contribution < -0.4 is 4.74 Å². The quantitative estimate of drug-likeness (QED) is 0.683. The number of rotatable bonds is 8. The van der Waals surface area contributed by atoms with Gasteiger partial charge in [-0.2, -0.15) is 5.10 Å². The van der Waals surface area contributed by atoms with Crippen molar-refractivity contribution in [2.24, 2.45) is 0 Å². The van der Waals surface area contributed by atoms with Gasteiger partial charge in [0.1, 0.15) is 5.75 Å². The monoisotopic (exact) mass is 339 g/mol. The van der Waals surface area contributed by atoms with E-state index in [9.17, 15) is 5.11 Å². The first-order valence-corrected chi connectivity index (χ1v) is 8.08. The molecule has 3 aromatic rings. The van der Waals surface area contributed by atoms with E-state index < -0.39 is 6.10 Å². The summed E-state index contributed by atoms with van der Waals surface area (Å²) < 4.78 is 12.7. The summed E-state index contributed by atoms with van der Waals surface area (Å²) in [6, 6.07) is 13.4. The molecule has 0 radical (unpaired) electrons. The molecule has 0 aliphatic heterocycles. The number of aromatic nitrogens is 3.